The molecule has 4 aromatic heterocycles. The molecule has 4 aromatic rings. The average molecular weight is 352 g/mol. The molecule has 0 saturated carbocycles. The fraction of sp³-hybridized carbons (Fsp3) is 0.444. The standard InChI is InChI=1S/C16H18N8.C2H6/c1-9-7-17-11(3)15-19-13(21-23(9)15)5-6-14-20-16-12(4)18-8-10(2)24(16)22-14;1-2/h7-8H,5-6H2,1-4H3;1-2H3. The summed E-state index contributed by atoms with van der Waals surface area (Å²) in [5.74, 6) is 1.55. The molecule has 0 aromatic carbocycles. The van der Waals surface area contributed by atoms with Gasteiger partial charge in [-0.05, 0) is 27.7 Å². The van der Waals surface area contributed by atoms with Gasteiger partial charge in [0.25, 0.3) is 0 Å². The van der Waals surface area contributed by atoms with Crippen molar-refractivity contribution in [3.8, 4) is 0 Å². The van der Waals surface area contributed by atoms with Crippen LogP contribution >= 0.6 is 0 Å². The summed E-state index contributed by atoms with van der Waals surface area (Å²) in [6.45, 7) is 11.8. The minimum absolute atomic E-state index is 0.683. The van der Waals surface area contributed by atoms with Crippen LogP contribution in [-0.2, 0) is 12.8 Å². The molecule has 0 fully saturated rings. The van der Waals surface area contributed by atoms with Gasteiger partial charge in [0.1, 0.15) is 0 Å². The zero-order chi connectivity index (χ0) is 18.8. The third-order valence-corrected chi connectivity index (χ3v) is 4.08. The molecule has 0 aliphatic heterocycles. The molecular weight excluding hydrogens is 328 g/mol. The number of rotatable bonds is 3. The van der Waals surface area contributed by atoms with Crippen LogP contribution in [0.3, 0.4) is 0 Å². The van der Waals surface area contributed by atoms with Gasteiger partial charge >= 0.3 is 0 Å². The maximum Gasteiger partial charge on any atom is 0.177 e. The van der Waals surface area contributed by atoms with Gasteiger partial charge in [-0.25, -0.2) is 19.0 Å². The number of hydrogen-bond donors (Lipinski definition) is 0. The summed E-state index contributed by atoms with van der Waals surface area (Å²) in [4.78, 5) is 17.8. The number of nitrogens with zero attached hydrogens (tertiary/aromatic N) is 8. The summed E-state index contributed by atoms with van der Waals surface area (Å²) in [7, 11) is 0. The van der Waals surface area contributed by atoms with Crippen LogP contribution in [-0.4, -0.2) is 39.2 Å². The minimum atomic E-state index is 0.683. The normalized spacial score (nSPS) is 11.0. The van der Waals surface area contributed by atoms with E-state index in [1.807, 2.05) is 63.0 Å². The maximum absolute atomic E-state index is 4.59. The maximum atomic E-state index is 4.59. The van der Waals surface area contributed by atoms with Crippen LogP contribution in [0.1, 0.15) is 48.3 Å². The van der Waals surface area contributed by atoms with Crippen LogP contribution in [0.4, 0.5) is 0 Å². The number of aromatic nitrogens is 8. The molecule has 8 heteroatoms. The first kappa shape index (κ1) is 17.9. The molecule has 0 N–H and O–H groups in total. The van der Waals surface area contributed by atoms with Crippen molar-refractivity contribution in [1.29, 1.82) is 0 Å². The smallest absolute Gasteiger partial charge is 0.177 e. The molecule has 0 saturated heterocycles. The molecule has 136 valence electrons. The van der Waals surface area contributed by atoms with Crippen molar-refractivity contribution < 1.29 is 0 Å². The molecule has 0 spiro atoms. The fourth-order valence-corrected chi connectivity index (χ4v) is 2.71. The molecule has 4 heterocycles. The van der Waals surface area contributed by atoms with Gasteiger partial charge in [-0.15, -0.1) is 0 Å². The molecule has 8 nitrogen and oxygen atoms in total. The first-order valence-corrected chi connectivity index (χ1v) is 8.88. The van der Waals surface area contributed by atoms with Crippen molar-refractivity contribution in [3.63, 3.8) is 0 Å². The molecule has 0 atom stereocenters. The van der Waals surface area contributed by atoms with Gasteiger partial charge in [0.05, 0.1) is 22.8 Å². The Morgan fingerprint density at radius 2 is 1.08 bits per heavy atom. The highest BCUT2D eigenvalue weighted by Crippen LogP contribution is 2.11. The molecule has 0 radical (unpaired) electrons. The SMILES string of the molecule is CC.Cc1ncc(C)n2nc(CCc3nc4c(C)ncc(C)n4n3)nc12. The van der Waals surface area contributed by atoms with E-state index in [1.54, 1.807) is 0 Å². The van der Waals surface area contributed by atoms with Crippen LogP contribution in [0.15, 0.2) is 12.4 Å². The predicted octanol–water partition coefficient (Wildman–Crippen LogP) is 2.61. The Hall–Kier alpha value is -2.90. The van der Waals surface area contributed by atoms with Gasteiger partial charge in [-0.1, -0.05) is 13.8 Å². The minimum Gasteiger partial charge on any atom is -0.256 e. The van der Waals surface area contributed by atoms with E-state index in [4.69, 9.17) is 0 Å². The topological polar surface area (TPSA) is 86.2 Å². The lowest BCUT2D eigenvalue weighted by molar-refractivity contribution is 0.775. The van der Waals surface area contributed by atoms with Crippen LogP contribution in [0.2, 0.25) is 0 Å². The van der Waals surface area contributed by atoms with Gasteiger partial charge in [0, 0.05) is 25.2 Å². The van der Waals surface area contributed by atoms with Crippen molar-refractivity contribution in [3.05, 3.63) is 46.8 Å². The molecular formula is C18H24N8. The van der Waals surface area contributed by atoms with Gasteiger partial charge in [0.15, 0.2) is 22.9 Å². The third kappa shape index (κ3) is 3.14. The van der Waals surface area contributed by atoms with Crippen LogP contribution in [0, 0.1) is 27.7 Å². The summed E-state index contributed by atoms with van der Waals surface area (Å²) in [5, 5.41) is 9.14. The van der Waals surface area contributed by atoms with Gasteiger partial charge < -0.3 is 0 Å². The van der Waals surface area contributed by atoms with E-state index >= 15 is 0 Å². The van der Waals surface area contributed by atoms with E-state index in [0.29, 0.717) is 12.8 Å². The quantitative estimate of drug-likeness (QED) is 0.563. The lowest BCUT2D eigenvalue weighted by atomic mass is 10.3. The summed E-state index contributed by atoms with van der Waals surface area (Å²) in [5.41, 5.74) is 5.31. The number of fused-ring (bicyclic) bond motifs is 2. The molecule has 0 unspecified atom stereocenters. The summed E-state index contributed by atoms with van der Waals surface area (Å²) in [6.07, 6.45) is 4.98. The molecule has 26 heavy (non-hydrogen) atoms. The second-order valence-electron chi connectivity index (χ2n) is 6.00. The van der Waals surface area contributed by atoms with Crippen molar-refractivity contribution in [1.82, 2.24) is 39.2 Å². The molecule has 0 aliphatic carbocycles. The second kappa shape index (κ2) is 7.15. The first-order chi connectivity index (χ1) is 12.5. The summed E-state index contributed by atoms with van der Waals surface area (Å²) < 4.78 is 3.68. The second-order valence-corrected chi connectivity index (χ2v) is 6.00. The lowest BCUT2D eigenvalue weighted by Gasteiger charge is -1.97. The third-order valence-electron chi connectivity index (χ3n) is 4.08. The van der Waals surface area contributed by atoms with Crippen LogP contribution < -0.4 is 0 Å². The van der Waals surface area contributed by atoms with Crippen molar-refractivity contribution in [2.75, 3.05) is 0 Å². The highest BCUT2D eigenvalue weighted by molar-refractivity contribution is 5.44. The first-order valence-electron chi connectivity index (χ1n) is 8.88. The van der Waals surface area contributed by atoms with E-state index in [1.165, 1.54) is 0 Å². The fourth-order valence-electron chi connectivity index (χ4n) is 2.71. The highest BCUT2D eigenvalue weighted by Gasteiger charge is 2.12. The van der Waals surface area contributed by atoms with Crippen molar-refractivity contribution in [2.24, 2.45) is 0 Å². The van der Waals surface area contributed by atoms with Gasteiger partial charge in [0.2, 0.25) is 0 Å². The molecule has 0 aliphatic rings. The van der Waals surface area contributed by atoms with E-state index in [-0.39, 0.29) is 0 Å². The van der Waals surface area contributed by atoms with Crippen molar-refractivity contribution >= 4 is 11.3 Å². The predicted molar refractivity (Wildman–Crippen MR) is 99.3 cm³/mol. The van der Waals surface area contributed by atoms with E-state index in [9.17, 15) is 0 Å². The molecule has 0 amide bonds. The average Bonchev–Trinajstić information content (AvgIpc) is 3.27. The summed E-state index contributed by atoms with van der Waals surface area (Å²) >= 11 is 0. The Balaban J connectivity index is 0.000000948. The van der Waals surface area contributed by atoms with Crippen LogP contribution in [0.25, 0.3) is 11.3 Å². The zero-order valence-electron chi connectivity index (χ0n) is 16.1. The van der Waals surface area contributed by atoms with E-state index in [0.717, 1.165) is 45.7 Å². The Morgan fingerprint density at radius 1 is 0.692 bits per heavy atom. The van der Waals surface area contributed by atoms with E-state index in [2.05, 4.69) is 30.1 Å². The zero-order valence-corrected chi connectivity index (χ0v) is 16.1. The largest absolute Gasteiger partial charge is 0.256 e. The summed E-state index contributed by atoms with van der Waals surface area (Å²) in [6, 6.07) is 0. The van der Waals surface area contributed by atoms with Gasteiger partial charge in [-0.3, -0.25) is 9.97 Å². The monoisotopic (exact) mass is 352 g/mol. The van der Waals surface area contributed by atoms with E-state index < -0.39 is 0 Å². The Morgan fingerprint density at radius 3 is 1.42 bits per heavy atom. The Labute approximate surface area is 152 Å². The van der Waals surface area contributed by atoms with Gasteiger partial charge in [-0.2, -0.15) is 10.2 Å². The lowest BCUT2D eigenvalue weighted by Crippen LogP contribution is -1.99. The van der Waals surface area contributed by atoms with Crippen molar-refractivity contribution in [2.45, 2.75) is 54.4 Å². The highest BCUT2D eigenvalue weighted by atomic mass is 15.3. The number of hydrogen-bond acceptors (Lipinski definition) is 6. The van der Waals surface area contributed by atoms with Crippen LogP contribution in [0.5, 0.6) is 0 Å². The number of aryl methyl sites for hydroxylation is 6. The molecule has 4 rings (SSSR count). The molecule has 0 bridgehead atoms. The Bertz CT molecular complexity index is 896. The Kier molecular flexibility index (Phi) is 4.92.